The minimum Gasteiger partial charge on any atom is -0.306 e. The van der Waals surface area contributed by atoms with E-state index < -0.39 is 0 Å². The third-order valence-corrected chi connectivity index (χ3v) is 3.25. The highest BCUT2D eigenvalue weighted by molar-refractivity contribution is 5.08. The van der Waals surface area contributed by atoms with Crippen LogP contribution in [0.4, 0.5) is 0 Å². The lowest BCUT2D eigenvalue weighted by atomic mass is 10.1. The Balaban J connectivity index is 0.000000686. The number of hydrogen-bond acceptors (Lipinski definition) is 2. The van der Waals surface area contributed by atoms with Crippen LogP contribution in [0.1, 0.15) is 45.6 Å². The van der Waals surface area contributed by atoms with Gasteiger partial charge in [0.15, 0.2) is 0 Å². The summed E-state index contributed by atoms with van der Waals surface area (Å²) in [7, 11) is 2.20. The molecule has 1 fully saturated rings. The van der Waals surface area contributed by atoms with Gasteiger partial charge in [-0.1, -0.05) is 27.7 Å². The maximum atomic E-state index is 4.42. The molecule has 1 aliphatic heterocycles. The average Bonchev–Trinajstić information content (AvgIpc) is 2.91. The molecule has 0 N–H and O–H groups in total. The first kappa shape index (κ1) is 14.2. The summed E-state index contributed by atoms with van der Waals surface area (Å²) in [6, 6.07) is 0. The van der Waals surface area contributed by atoms with Crippen LogP contribution in [-0.4, -0.2) is 34.8 Å². The summed E-state index contributed by atoms with van der Waals surface area (Å²) >= 11 is 0. The van der Waals surface area contributed by atoms with E-state index in [1.165, 1.54) is 25.1 Å². The molecule has 0 saturated carbocycles. The molecule has 1 atom stereocenters. The maximum Gasteiger partial charge on any atom is 0.0524 e. The maximum absolute atomic E-state index is 4.42. The minimum absolute atomic E-state index is 0.588. The molecule has 1 aromatic rings. The van der Waals surface area contributed by atoms with Crippen molar-refractivity contribution in [3.63, 3.8) is 0 Å². The quantitative estimate of drug-likeness (QED) is 0.806. The molecule has 1 aromatic heterocycles. The zero-order valence-electron chi connectivity index (χ0n) is 12.0. The van der Waals surface area contributed by atoms with Crippen molar-refractivity contribution in [3.05, 3.63) is 18.0 Å². The van der Waals surface area contributed by atoms with Crippen LogP contribution in [-0.2, 0) is 6.54 Å². The van der Waals surface area contributed by atoms with Gasteiger partial charge in [-0.2, -0.15) is 5.10 Å². The highest BCUT2D eigenvalue weighted by atomic mass is 15.3. The Morgan fingerprint density at radius 2 is 2.12 bits per heavy atom. The lowest BCUT2D eigenvalue weighted by Crippen LogP contribution is -2.17. The molecule has 0 bridgehead atoms. The van der Waals surface area contributed by atoms with E-state index in [2.05, 4.69) is 41.8 Å². The molecule has 0 aromatic carbocycles. The molecular formula is C14H27N3. The predicted molar refractivity (Wildman–Crippen MR) is 73.3 cm³/mol. The molecule has 2 heterocycles. The van der Waals surface area contributed by atoms with Crippen molar-refractivity contribution >= 4 is 0 Å². The Kier molecular flexibility index (Phi) is 5.69. The lowest BCUT2D eigenvalue weighted by molar-refractivity contribution is 0.370. The largest absolute Gasteiger partial charge is 0.306 e. The lowest BCUT2D eigenvalue weighted by Gasteiger charge is -2.10. The monoisotopic (exact) mass is 237 g/mol. The second kappa shape index (κ2) is 6.80. The van der Waals surface area contributed by atoms with Crippen molar-refractivity contribution in [1.29, 1.82) is 0 Å². The van der Waals surface area contributed by atoms with Crippen molar-refractivity contribution in [2.75, 3.05) is 20.1 Å². The van der Waals surface area contributed by atoms with Crippen LogP contribution in [0.2, 0.25) is 0 Å². The third-order valence-electron chi connectivity index (χ3n) is 3.25. The molecule has 0 radical (unpaired) electrons. The number of nitrogens with zero attached hydrogens (tertiary/aromatic N) is 3. The summed E-state index contributed by atoms with van der Waals surface area (Å²) < 4.78 is 2.11. The SMILES string of the molecule is CC.CC(C)c1cnn(CC2CCN(C)C2)c1. The van der Waals surface area contributed by atoms with Gasteiger partial charge >= 0.3 is 0 Å². The van der Waals surface area contributed by atoms with Gasteiger partial charge in [0.05, 0.1) is 6.20 Å². The fourth-order valence-electron chi connectivity index (χ4n) is 2.22. The van der Waals surface area contributed by atoms with Gasteiger partial charge in [0.25, 0.3) is 0 Å². The van der Waals surface area contributed by atoms with E-state index in [4.69, 9.17) is 0 Å². The molecule has 1 aliphatic rings. The standard InChI is InChI=1S/C12H21N3.C2H6/c1-10(2)12-6-13-15(9-12)8-11-4-5-14(3)7-11;1-2/h6,9-11H,4-5,7-8H2,1-3H3;1-2H3. The number of aromatic nitrogens is 2. The Hall–Kier alpha value is -0.830. The van der Waals surface area contributed by atoms with Crippen molar-refractivity contribution < 1.29 is 0 Å². The van der Waals surface area contributed by atoms with Gasteiger partial charge in [-0.15, -0.1) is 0 Å². The zero-order valence-corrected chi connectivity index (χ0v) is 12.0. The van der Waals surface area contributed by atoms with Crippen molar-refractivity contribution in [3.8, 4) is 0 Å². The van der Waals surface area contributed by atoms with Gasteiger partial charge in [-0.3, -0.25) is 4.68 Å². The molecule has 1 saturated heterocycles. The summed E-state index contributed by atoms with van der Waals surface area (Å²) in [6.45, 7) is 12.0. The molecule has 98 valence electrons. The fourth-order valence-corrected chi connectivity index (χ4v) is 2.22. The molecule has 17 heavy (non-hydrogen) atoms. The predicted octanol–water partition coefficient (Wildman–Crippen LogP) is 2.98. The Bertz CT molecular complexity index is 317. The van der Waals surface area contributed by atoms with E-state index in [9.17, 15) is 0 Å². The normalized spacial score (nSPS) is 20.5. The van der Waals surface area contributed by atoms with Gasteiger partial charge in [0, 0.05) is 19.3 Å². The highest BCUT2D eigenvalue weighted by Gasteiger charge is 2.20. The van der Waals surface area contributed by atoms with Gasteiger partial charge in [0.1, 0.15) is 0 Å². The molecule has 1 unspecified atom stereocenters. The summed E-state index contributed by atoms with van der Waals surface area (Å²) in [5.74, 6) is 1.37. The van der Waals surface area contributed by atoms with Gasteiger partial charge < -0.3 is 4.90 Å². The number of hydrogen-bond donors (Lipinski definition) is 0. The Morgan fingerprint density at radius 1 is 1.41 bits per heavy atom. The first-order valence-corrected chi connectivity index (χ1v) is 6.86. The average molecular weight is 237 g/mol. The Morgan fingerprint density at radius 3 is 2.59 bits per heavy atom. The van der Waals surface area contributed by atoms with Gasteiger partial charge in [-0.25, -0.2) is 0 Å². The van der Waals surface area contributed by atoms with E-state index in [0.717, 1.165) is 12.5 Å². The second-order valence-corrected chi connectivity index (χ2v) is 5.07. The topological polar surface area (TPSA) is 21.1 Å². The molecule has 3 nitrogen and oxygen atoms in total. The van der Waals surface area contributed by atoms with Crippen molar-refractivity contribution in [2.45, 2.75) is 46.6 Å². The molecule has 3 heteroatoms. The van der Waals surface area contributed by atoms with Crippen molar-refractivity contribution in [1.82, 2.24) is 14.7 Å². The minimum atomic E-state index is 0.588. The Labute approximate surface area is 106 Å². The van der Waals surface area contributed by atoms with Crippen LogP contribution < -0.4 is 0 Å². The summed E-state index contributed by atoms with van der Waals surface area (Å²) in [5, 5.41) is 4.42. The fraction of sp³-hybridized carbons (Fsp3) is 0.786. The number of likely N-dealkylation sites (tertiary alicyclic amines) is 1. The van der Waals surface area contributed by atoms with E-state index >= 15 is 0 Å². The molecule has 0 aliphatic carbocycles. The van der Waals surface area contributed by atoms with Gasteiger partial charge in [-0.05, 0) is 37.4 Å². The molecular weight excluding hydrogens is 210 g/mol. The van der Waals surface area contributed by atoms with Crippen LogP contribution in [0.5, 0.6) is 0 Å². The summed E-state index contributed by atoms with van der Waals surface area (Å²) in [4.78, 5) is 2.40. The molecule has 0 amide bonds. The third kappa shape index (κ3) is 4.15. The van der Waals surface area contributed by atoms with Crippen LogP contribution in [0.3, 0.4) is 0 Å². The second-order valence-electron chi connectivity index (χ2n) is 5.07. The van der Waals surface area contributed by atoms with Crippen LogP contribution in [0, 0.1) is 5.92 Å². The zero-order chi connectivity index (χ0) is 12.8. The smallest absolute Gasteiger partial charge is 0.0524 e. The molecule has 2 rings (SSSR count). The van der Waals surface area contributed by atoms with E-state index in [1.807, 2.05) is 20.0 Å². The summed E-state index contributed by atoms with van der Waals surface area (Å²) in [6.07, 6.45) is 5.51. The summed E-state index contributed by atoms with van der Waals surface area (Å²) in [5.41, 5.74) is 1.35. The molecule has 0 spiro atoms. The van der Waals surface area contributed by atoms with Gasteiger partial charge in [0.2, 0.25) is 0 Å². The van der Waals surface area contributed by atoms with Crippen molar-refractivity contribution in [2.24, 2.45) is 5.92 Å². The first-order valence-electron chi connectivity index (χ1n) is 6.86. The van der Waals surface area contributed by atoms with E-state index in [1.54, 1.807) is 0 Å². The highest BCUT2D eigenvalue weighted by Crippen LogP contribution is 2.18. The van der Waals surface area contributed by atoms with E-state index in [0.29, 0.717) is 5.92 Å². The number of rotatable bonds is 3. The van der Waals surface area contributed by atoms with E-state index in [-0.39, 0.29) is 0 Å². The van der Waals surface area contributed by atoms with Crippen LogP contribution in [0.15, 0.2) is 12.4 Å². The van der Waals surface area contributed by atoms with Crippen LogP contribution in [0.25, 0.3) is 0 Å². The van der Waals surface area contributed by atoms with Crippen LogP contribution >= 0.6 is 0 Å². The first-order chi connectivity index (χ1) is 8.15.